The van der Waals surface area contributed by atoms with Crippen LogP contribution in [0, 0.1) is 0 Å². The first-order valence-electron chi connectivity index (χ1n) is 3.27. The van der Waals surface area contributed by atoms with Crippen LogP contribution >= 0.6 is 0 Å². The summed E-state index contributed by atoms with van der Waals surface area (Å²) in [4.78, 5) is 0. The minimum atomic E-state index is -6.09. The Morgan fingerprint density at radius 1 is 0.867 bits per heavy atom. The fourth-order valence-electron chi connectivity index (χ4n) is 0.385. The Hall–Kier alpha value is -0.561. The molecule has 0 N–H and O–H groups in total. The minimum absolute atomic E-state index is 0. The first kappa shape index (κ1) is 16.9. The summed E-state index contributed by atoms with van der Waals surface area (Å²) in [5.74, 6) is 0. The molecule has 0 unspecified atom stereocenters. The van der Waals surface area contributed by atoms with Crippen LogP contribution in [0.15, 0.2) is 36.4 Å². The second-order valence-electron chi connectivity index (χ2n) is 2.05. The van der Waals surface area contributed by atoms with Crippen LogP contribution in [0.4, 0.5) is 13.2 Å². The maximum atomic E-state index is 10.7. The minimum Gasteiger partial charge on any atom is -0.741 e. The van der Waals surface area contributed by atoms with Crippen LogP contribution < -0.4 is 0 Å². The first-order chi connectivity index (χ1) is 6.25. The zero-order valence-corrected chi connectivity index (χ0v) is 8.79. The molecule has 0 bridgehead atoms. The van der Waals surface area contributed by atoms with Crippen molar-refractivity contribution in [2.45, 2.75) is 5.51 Å². The maximum Gasteiger partial charge on any atom is 1.00 e. The van der Waals surface area contributed by atoms with Gasteiger partial charge in [0, 0.05) is 0 Å². The molecule has 0 spiro atoms. The van der Waals surface area contributed by atoms with Crippen LogP contribution in [0.1, 0.15) is 0 Å². The predicted octanol–water partition coefficient (Wildman–Crippen LogP) is 1.74. The van der Waals surface area contributed by atoms with Crippen LogP contribution in [0.5, 0.6) is 0 Å². The van der Waals surface area contributed by atoms with E-state index < -0.39 is 15.6 Å². The summed E-state index contributed by atoms with van der Waals surface area (Å²) < 4.78 is 58.9. The molecule has 0 aliphatic rings. The van der Waals surface area contributed by atoms with Crippen molar-refractivity contribution in [3.63, 3.8) is 0 Å². The monoisotopic (exact) mass is 290 g/mol. The normalized spacial score (nSPS) is 10.7. The Labute approximate surface area is 95.5 Å². The van der Waals surface area contributed by atoms with E-state index in [4.69, 9.17) is 13.0 Å². The van der Waals surface area contributed by atoms with E-state index in [0.29, 0.717) is 0 Å². The van der Waals surface area contributed by atoms with Gasteiger partial charge < -0.3 is 4.55 Å². The van der Waals surface area contributed by atoms with E-state index in [1.807, 2.05) is 36.4 Å². The van der Waals surface area contributed by atoms with E-state index in [0.717, 1.165) is 0 Å². The average molecular weight is 291 g/mol. The van der Waals surface area contributed by atoms with Gasteiger partial charge in [0.2, 0.25) is 0 Å². The Morgan fingerprint density at radius 2 is 1.00 bits per heavy atom. The fourth-order valence-corrected chi connectivity index (χ4v) is 0.385. The van der Waals surface area contributed by atoms with Gasteiger partial charge in [-0.25, -0.2) is 8.42 Å². The number of rotatable bonds is 0. The number of alkyl halides is 3. The van der Waals surface area contributed by atoms with Crippen molar-refractivity contribution in [3.8, 4) is 0 Å². The SMILES string of the molecule is O=S(=O)([O-])C(F)(F)F.[Cu+].c1ccccc1. The molecule has 0 atom stereocenters. The van der Waals surface area contributed by atoms with Crippen LogP contribution in [0.2, 0.25) is 0 Å². The molecule has 0 aromatic heterocycles. The molecule has 0 saturated carbocycles. The van der Waals surface area contributed by atoms with Gasteiger partial charge in [-0.1, -0.05) is 36.4 Å². The van der Waals surface area contributed by atoms with Crippen molar-refractivity contribution in [1.82, 2.24) is 0 Å². The molecule has 1 aromatic carbocycles. The molecule has 1 aromatic rings. The third-order valence-corrected chi connectivity index (χ3v) is 1.52. The Bertz CT molecular complexity index is 323. The second-order valence-corrected chi connectivity index (χ2v) is 3.43. The summed E-state index contributed by atoms with van der Waals surface area (Å²) in [5.41, 5.74) is -5.65. The van der Waals surface area contributed by atoms with E-state index >= 15 is 0 Å². The van der Waals surface area contributed by atoms with E-state index in [-0.39, 0.29) is 17.1 Å². The van der Waals surface area contributed by atoms with Crippen molar-refractivity contribution in [2.24, 2.45) is 0 Å². The van der Waals surface area contributed by atoms with Crippen molar-refractivity contribution in [3.05, 3.63) is 36.4 Å². The zero-order valence-electron chi connectivity index (χ0n) is 7.03. The number of halogens is 3. The molecular weight excluding hydrogens is 285 g/mol. The molecule has 0 radical (unpaired) electrons. The van der Waals surface area contributed by atoms with Crippen molar-refractivity contribution >= 4 is 10.1 Å². The van der Waals surface area contributed by atoms with Gasteiger partial charge in [0.05, 0.1) is 0 Å². The van der Waals surface area contributed by atoms with Crippen LogP contribution in [0.25, 0.3) is 0 Å². The third-order valence-electron chi connectivity index (χ3n) is 0.950. The molecule has 1 rings (SSSR count). The number of hydrogen-bond donors (Lipinski definition) is 0. The van der Waals surface area contributed by atoms with E-state index in [2.05, 4.69) is 0 Å². The summed E-state index contributed by atoms with van der Waals surface area (Å²) in [6.07, 6.45) is 0. The zero-order chi connectivity index (χ0) is 11.2. The van der Waals surface area contributed by atoms with Crippen LogP contribution in [-0.4, -0.2) is 18.5 Å². The summed E-state index contributed by atoms with van der Waals surface area (Å²) >= 11 is 0. The van der Waals surface area contributed by atoms with E-state index in [1.165, 1.54) is 0 Å². The third kappa shape index (κ3) is 8.44. The van der Waals surface area contributed by atoms with Crippen LogP contribution in [-0.2, 0) is 27.2 Å². The number of hydrogen-bond acceptors (Lipinski definition) is 3. The molecular formula is C7H6CuF3O3S. The second kappa shape index (κ2) is 6.84. The molecule has 3 nitrogen and oxygen atoms in total. The van der Waals surface area contributed by atoms with Gasteiger partial charge in [0.15, 0.2) is 10.1 Å². The standard InChI is InChI=1S/C6H6.CHF3O3S.Cu/c1-2-4-6-5-3-1;2-1(3,4)8(5,6)7;/h1-6H;(H,5,6,7);/q;;+1/p-1. The Kier molecular flexibility index (Phi) is 7.68. The molecule has 90 valence electrons. The molecule has 0 aliphatic carbocycles. The van der Waals surface area contributed by atoms with Gasteiger partial charge in [0.25, 0.3) is 0 Å². The first-order valence-corrected chi connectivity index (χ1v) is 4.68. The maximum absolute atomic E-state index is 10.7. The largest absolute Gasteiger partial charge is 1.00 e. The molecule has 0 heterocycles. The van der Waals surface area contributed by atoms with Gasteiger partial charge >= 0.3 is 22.6 Å². The van der Waals surface area contributed by atoms with Gasteiger partial charge in [-0.3, -0.25) is 0 Å². The Balaban J connectivity index is 0. The van der Waals surface area contributed by atoms with E-state index in [1.54, 1.807) is 0 Å². The quantitative estimate of drug-likeness (QED) is 0.415. The fraction of sp³-hybridized carbons (Fsp3) is 0.143. The summed E-state index contributed by atoms with van der Waals surface area (Å²) in [6.45, 7) is 0. The van der Waals surface area contributed by atoms with Crippen molar-refractivity contribution < 1.29 is 43.2 Å². The number of benzene rings is 1. The predicted molar refractivity (Wildman–Crippen MR) is 42.2 cm³/mol. The van der Waals surface area contributed by atoms with Gasteiger partial charge in [0.1, 0.15) is 0 Å². The molecule has 15 heavy (non-hydrogen) atoms. The summed E-state index contributed by atoms with van der Waals surface area (Å²) in [5, 5.41) is 0. The van der Waals surface area contributed by atoms with Crippen LogP contribution in [0.3, 0.4) is 0 Å². The smallest absolute Gasteiger partial charge is 0.741 e. The van der Waals surface area contributed by atoms with Crippen molar-refractivity contribution in [2.75, 3.05) is 0 Å². The topological polar surface area (TPSA) is 57.2 Å². The molecule has 0 fully saturated rings. The van der Waals surface area contributed by atoms with Gasteiger partial charge in [-0.15, -0.1) is 0 Å². The molecule has 0 aliphatic heterocycles. The van der Waals surface area contributed by atoms with Gasteiger partial charge in [-0.05, 0) is 0 Å². The molecule has 8 heteroatoms. The average Bonchev–Trinajstić information content (AvgIpc) is 2.05. The van der Waals surface area contributed by atoms with Crippen molar-refractivity contribution in [1.29, 1.82) is 0 Å². The Morgan fingerprint density at radius 3 is 1.07 bits per heavy atom. The summed E-state index contributed by atoms with van der Waals surface area (Å²) in [6, 6.07) is 12.0. The van der Waals surface area contributed by atoms with Gasteiger partial charge in [-0.2, -0.15) is 13.2 Å². The summed E-state index contributed by atoms with van der Waals surface area (Å²) in [7, 11) is -6.09. The molecule has 0 amide bonds. The molecule has 0 saturated heterocycles. The van der Waals surface area contributed by atoms with E-state index in [9.17, 15) is 13.2 Å².